The Hall–Kier alpha value is -1.88. The first-order valence-electron chi connectivity index (χ1n) is 7.21. The zero-order valence-electron chi connectivity index (χ0n) is 12.6. The number of rotatable bonds is 8. The van der Waals surface area contributed by atoms with E-state index in [9.17, 15) is 14.7 Å². The number of aliphatic hydroxyl groups is 1. The Labute approximate surface area is 125 Å². The molecule has 0 bridgehead atoms. The van der Waals surface area contributed by atoms with Gasteiger partial charge in [0.15, 0.2) is 5.78 Å². The minimum Gasteiger partial charge on any atom is -0.508 e. The average molecular weight is 293 g/mol. The maximum Gasteiger partial charge on any atom is 0.224 e. The summed E-state index contributed by atoms with van der Waals surface area (Å²) in [6.45, 7) is 3.11. The van der Waals surface area contributed by atoms with Gasteiger partial charge < -0.3 is 15.5 Å². The Morgan fingerprint density at radius 3 is 2.57 bits per heavy atom. The maximum absolute atomic E-state index is 11.9. The summed E-state index contributed by atoms with van der Waals surface area (Å²) < 4.78 is 0. The topological polar surface area (TPSA) is 86.6 Å². The lowest BCUT2D eigenvalue weighted by Gasteiger charge is -2.16. The second kappa shape index (κ2) is 8.42. The number of amides is 1. The fraction of sp³-hybridized carbons (Fsp3) is 0.500. The second-order valence-electron chi connectivity index (χ2n) is 5.12. The zero-order chi connectivity index (χ0) is 15.8. The standard InChI is InChI=1S/C16H23NO4/c1-3-4-12(16(21)17-10-18)5-6-13-9-14(20)7-8-15(13)11(2)19/h7-9,12,18,20H,3-6,10H2,1-2H3,(H,17,21). The van der Waals surface area contributed by atoms with E-state index in [-0.39, 0.29) is 30.1 Å². The van der Waals surface area contributed by atoms with Crippen LogP contribution in [0.1, 0.15) is 49.0 Å². The van der Waals surface area contributed by atoms with Gasteiger partial charge in [0.25, 0.3) is 0 Å². The van der Waals surface area contributed by atoms with Crippen LogP contribution in [0.2, 0.25) is 0 Å². The molecule has 0 saturated carbocycles. The van der Waals surface area contributed by atoms with Crippen molar-refractivity contribution in [3.63, 3.8) is 0 Å². The molecule has 0 saturated heterocycles. The summed E-state index contributed by atoms with van der Waals surface area (Å²) in [5.41, 5.74) is 1.33. The predicted molar refractivity (Wildman–Crippen MR) is 80.1 cm³/mol. The zero-order valence-corrected chi connectivity index (χ0v) is 12.6. The van der Waals surface area contributed by atoms with Crippen molar-refractivity contribution in [3.05, 3.63) is 29.3 Å². The molecule has 1 rings (SSSR count). The molecular formula is C16H23NO4. The first-order valence-corrected chi connectivity index (χ1v) is 7.21. The van der Waals surface area contributed by atoms with E-state index in [2.05, 4.69) is 5.32 Å². The molecule has 0 spiro atoms. The highest BCUT2D eigenvalue weighted by Gasteiger charge is 2.18. The van der Waals surface area contributed by atoms with Gasteiger partial charge in [-0.1, -0.05) is 13.3 Å². The third-order valence-corrected chi connectivity index (χ3v) is 3.49. The number of benzene rings is 1. The summed E-state index contributed by atoms with van der Waals surface area (Å²) in [4.78, 5) is 23.4. The van der Waals surface area contributed by atoms with Gasteiger partial charge in [0.05, 0.1) is 0 Å². The molecule has 1 atom stereocenters. The summed E-state index contributed by atoms with van der Waals surface area (Å²) in [6.07, 6.45) is 2.69. The number of Topliss-reactive ketones (excluding diaryl/α,β-unsaturated/α-hetero) is 1. The summed E-state index contributed by atoms with van der Waals surface area (Å²) in [6, 6.07) is 4.67. The molecule has 0 aromatic heterocycles. The lowest BCUT2D eigenvalue weighted by Crippen LogP contribution is -2.31. The molecule has 0 aliphatic rings. The van der Waals surface area contributed by atoms with Crippen molar-refractivity contribution in [2.75, 3.05) is 6.73 Å². The van der Waals surface area contributed by atoms with Gasteiger partial charge >= 0.3 is 0 Å². The number of hydrogen-bond donors (Lipinski definition) is 3. The highest BCUT2D eigenvalue weighted by atomic mass is 16.3. The van der Waals surface area contributed by atoms with Crippen LogP contribution >= 0.6 is 0 Å². The molecule has 0 aliphatic carbocycles. The summed E-state index contributed by atoms with van der Waals surface area (Å²) in [5.74, 6) is -0.327. The van der Waals surface area contributed by atoms with Gasteiger partial charge in [-0.15, -0.1) is 0 Å². The molecular weight excluding hydrogens is 270 g/mol. The van der Waals surface area contributed by atoms with Crippen LogP contribution in [0.4, 0.5) is 0 Å². The molecule has 0 aliphatic heterocycles. The minimum atomic E-state index is -0.371. The number of carbonyl (C=O) groups is 2. The molecule has 21 heavy (non-hydrogen) atoms. The van der Waals surface area contributed by atoms with Crippen LogP contribution < -0.4 is 5.32 Å². The fourth-order valence-electron chi connectivity index (χ4n) is 2.44. The first-order chi connectivity index (χ1) is 9.99. The van der Waals surface area contributed by atoms with Gasteiger partial charge in [-0.05, 0) is 49.9 Å². The number of phenols is 1. The third kappa shape index (κ3) is 5.19. The number of carbonyl (C=O) groups excluding carboxylic acids is 2. The van der Waals surface area contributed by atoms with Crippen LogP contribution in [-0.4, -0.2) is 28.6 Å². The van der Waals surface area contributed by atoms with E-state index < -0.39 is 0 Å². The molecule has 116 valence electrons. The summed E-state index contributed by atoms with van der Waals surface area (Å²) in [5, 5.41) is 20.8. The molecule has 1 amide bonds. The molecule has 0 radical (unpaired) electrons. The van der Waals surface area contributed by atoms with Crippen LogP contribution in [0.15, 0.2) is 18.2 Å². The summed E-state index contributed by atoms with van der Waals surface area (Å²) in [7, 11) is 0. The highest BCUT2D eigenvalue weighted by molar-refractivity contribution is 5.95. The maximum atomic E-state index is 11.9. The smallest absolute Gasteiger partial charge is 0.224 e. The number of phenolic OH excluding ortho intramolecular Hbond substituents is 1. The van der Waals surface area contributed by atoms with Crippen molar-refractivity contribution in [3.8, 4) is 5.75 Å². The van der Waals surface area contributed by atoms with Gasteiger partial charge in [0.1, 0.15) is 12.5 Å². The van der Waals surface area contributed by atoms with E-state index in [1.807, 2.05) is 6.92 Å². The highest BCUT2D eigenvalue weighted by Crippen LogP contribution is 2.22. The SMILES string of the molecule is CCCC(CCc1cc(O)ccc1C(C)=O)C(=O)NCO. The number of ketones is 1. The Kier molecular flexibility index (Phi) is 6.88. The van der Waals surface area contributed by atoms with Crippen molar-refractivity contribution >= 4 is 11.7 Å². The normalized spacial score (nSPS) is 12.0. The summed E-state index contributed by atoms with van der Waals surface area (Å²) >= 11 is 0. The quantitative estimate of drug-likeness (QED) is 0.505. The van der Waals surface area contributed by atoms with Crippen molar-refractivity contribution in [2.24, 2.45) is 5.92 Å². The third-order valence-electron chi connectivity index (χ3n) is 3.49. The Bertz CT molecular complexity index is 499. The lowest BCUT2D eigenvalue weighted by atomic mass is 9.92. The van der Waals surface area contributed by atoms with E-state index in [0.717, 1.165) is 18.4 Å². The molecule has 0 heterocycles. The molecule has 1 unspecified atom stereocenters. The number of aryl methyl sites for hydroxylation is 1. The van der Waals surface area contributed by atoms with E-state index in [1.54, 1.807) is 12.1 Å². The number of aliphatic hydroxyl groups excluding tert-OH is 1. The van der Waals surface area contributed by atoms with Crippen LogP contribution in [0.25, 0.3) is 0 Å². The van der Waals surface area contributed by atoms with E-state index in [0.29, 0.717) is 18.4 Å². The monoisotopic (exact) mass is 293 g/mol. The lowest BCUT2D eigenvalue weighted by molar-refractivity contribution is -0.126. The predicted octanol–water partition coefficient (Wildman–Crippen LogP) is 2.01. The Morgan fingerprint density at radius 1 is 1.29 bits per heavy atom. The van der Waals surface area contributed by atoms with E-state index in [1.165, 1.54) is 13.0 Å². The van der Waals surface area contributed by atoms with E-state index in [4.69, 9.17) is 5.11 Å². The molecule has 1 aromatic carbocycles. The van der Waals surface area contributed by atoms with Crippen molar-refractivity contribution in [2.45, 2.75) is 39.5 Å². The van der Waals surface area contributed by atoms with Gasteiger partial charge in [-0.3, -0.25) is 9.59 Å². The second-order valence-corrected chi connectivity index (χ2v) is 5.12. The van der Waals surface area contributed by atoms with Crippen molar-refractivity contribution in [1.82, 2.24) is 5.32 Å². The van der Waals surface area contributed by atoms with Crippen LogP contribution in [0.3, 0.4) is 0 Å². The van der Waals surface area contributed by atoms with Gasteiger partial charge in [0, 0.05) is 11.5 Å². The molecule has 5 nitrogen and oxygen atoms in total. The molecule has 5 heteroatoms. The van der Waals surface area contributed by atoms with E-state index >= 15 is 0 Å². The largest absolute Gasteiger partial charge is 0.508 e. The number of hydrogen-bond acceptors (Lipinski definition) is 4. The Morgan fingerprint density at radius 2 is 2.00 bits per heavy atom. The minimum absolute atomic E-state index is 0.0585. The van der Waals surface area contributed by atoms with Crippen LogP contribution in [-0.2, 0) is 11.2 Å². The molecule has 0 fully saturated rings. The van der Waals surface area contributed by atoms with Gasteiger partial charge in [-0.2, -0.15) is 0 Å². The first kappa shape index (κ1) is 17.2. The number of aromatic hydroxyl groups is 1. The van der Waals surface area contributed by atoms with Crippen molar-refractivity contribution in [1.29, 1.82) is 0 Å². The van der Waals surface area contributed by atoms with Crippen LogP contribution in [0, 0.1) is 5.92 Å². The van der Waals surface area contributed by atoms with Gasteiger partial charge in [-0.25, -0.2) is 0 Å². The molecule has 3 N–H and O–H groups in total. The fourth-order valence-corrected chi connectivity index (χ4v) is 2.44. The number of nitrogens with one attached hydrogen (secondary N) is 1. The van der Waals surface area contributed by atoms with Crippen LogP contribution in [0.5, 0.6) is 5.75 Å². The average Bonchev–Trinajstić information content (AvgIpc) is 2.43. The van der Waals surface area contributed by atoms with Gasteiger partial charge in [0.2, 0.25) is 5.91 Å². The Balaban J connectivity index is 2.82. The molecule has 1 aromatic rings. The van der Waals surface area contributed by atoms with Crippen molar-refractivity contribution < 1.29 is 19.8 Å².